The molecule has 0 bridgehead atoms. The first-order valence-electron chi connectivity index (χ1n) is 6.36. The quantitative estimate of drug-likeness (QED) is 0.541. The average molecular weight is 267 g/mol. The molecule has 0 aromatic carbocycles. The first-order valence-corrected chi connectivity index (χ1v) is 6.36. The van der Waals surface area contributed by atoms with Gasteiger partial charge in [0.05, 0.1) is 7.11 Å². The van der Waals surface area contributed by atoms with E-state index in [1.165, 1.54) is 6.33 Å². The van der Waals surface area contributed by atoms with Crippen LogP contribution < -0.4 is 21.3 Å². The molecule has 0 saturated carbocycles. The maximum atomic E-state index is 5.40. The average Bonchev–Trinajstić information content (AvgIpc) is 2.45. The highest BCUT2D eigenvalue weighted by atomic mass is 16.5. The van der Waals surface area contributed by atoms with Crippen LogP contribution in [0.3, 0.4) is 0 Å². The van der Waals surface area contributed by atoms with Crippen LogP contribution >= 0.6 is 0 Å². The molecule has 0 unspecified atom stereocenters. The van der Waals surface area contributed by atoms with E-state index >= 15 is 0 Å². The minimum Gasteiger partial charge on any atom is -0.490 e. The second-order valence-electron chi connectivity index (χ2n) is 5.03. The molecule has 1 saturated heterocycles. The number of aromatic nitrogens is 2. The molecular formula is C12H21N5O2. The van der Waals surface area contributed by atoms with Gasteiger partial charge < -0.3 is 20.2 Å². The Morgan fingerprint density at radius 3 is 2.68 bits per heavy atom. The summed E-state index contributed by atoms with van der Waals surface area (Å²) in [6.07, 6.45) is 3.52. The maximum Gasteiger partial charge on any atom is 0.205 e. The Labute approximate surface area is 112 Å². The van der Waals surface area contributed by atoms with Crippen LogP contribution in [-0.4, -0.2) is 36.8 Å². The highest BCUT2D eigenvalue weighted by molar-refractivity contribution is 5.63. The molecule has 4 N–H and O–H groups in total. The number of nitrogens with one attached hydrogen (secondary N) is 2. The third-order valence-electron chi connectivity index (χ3n) is 3.53. The van der Waals surface area contributed by atoms with Gasteiger partial charge >= 0.3 is 0 Å². The van der Waals surface area contributed by atoms with Crippen molar-refractivity contribution in [3.63, 3.8) is 0 Å². The molecule has 2 heterocycles. The van der Waals surface area contributed by atoms with Crippen LogP contribution in [0.5, 0.6) is 5.75 Å². The summed E-state index contributed by atoms with van der Waals surface area (Å²) >= 11 is 0. The molecule has 1 aliphatic heterocycles. The lowest BCUT2D eigenvalue weighted by molar-refractivity contribution is 0.0299. The Kier molecular flexibility index (Phi) is 4.39. The van der Waals surface area contributed by atoms with Crippen molar-refractivity contribution >= 4 is 11.6 Å². The molecule has 1 aromatic heterocycles. The summed E-state index contributed by atoms with van der Waals surface area (Å²) in [7, 11) is 1.57. The zero-order valence-electron chi connectivity index (χ0n) is 11.4. The lowest BCUT2D eigenvalue weighted by Gasteiger charge is -2.33. The van der Waals surface area contributed by atoms with Crippen molar-refractivity contribution in [2.24, 2.45) is 11.3 Å². The Hall–Kier alpha value is -1.60. The van der Waals surface area contributed by atoms with E-state index < -0.39 is 0 Å². The summed E-state index contributed by atoms with van der Waals surface area (Å²) < 4.78 is 10.7. The Morgan fingerprint density at radius 1 is 1.37 bits per heavy atom. The number of nitrogens with zero attached hydrogens (tertiary/aromatic N) is 2. The van der Waals surface area contributed by atoms with E-state index in [4.69, 9.17) is 15.3 Å². The van der Waals surface area contributed by atoms with Gasteiger partial charge in [-0.15, -0.1) is 0 Å². The summed E-state index contributed by atoms with van der Waals surface area (Å²) in [6.45, 7) is 4.69. The molecule has 0 aliphatic carbocycles. The number of nitrogens with two attached hydrogens (primary N) is 1. The van der Waals surface area contributed by atoms with E-state index in [-0.39, 0.29) is 5.41 Å². The van der Waals surface area contributed by atoms with E-state index in [0.29, 0.717) is 17.4 Å². The van der Waals surface area contributed by atoms with Gasteiger partial charge in [0.1, 0.15) is 6.33 Å². The molecule has 0 radical (unpaired) electrons. The first-order chi connectivity index (χ1) is 9.18. The van der Waals surface area contributed by atoms with E-state index in [1.54, 1.807) is 7.11 Å². The van der Waals surface area contributed by atoms with Gasteiger partial charge in [0.15, 0.2) is 11.6 Å². The van der Waals surface area contributed by atoms with E-state index in [9.17, 15) is 0 Å². The second kappa shape index (κ2) is 6.03. The molecule has 0 spiro atoms. The molecule has 1 aromatic rings. The van der Waals surface area contributed by atoms with Crippen LogP contribution in [0.4, 0.5) is 11.6 Å². The SMILES string of the molecule is COc1c(NN)ncnc1NCC1(C)CCOCC1. The highest BCUT2D eigenvalue weighted by Crippen LogP contribution is 2.33. The Balaban J connectivity index is 2.06. The summed E-state index contributed by atoms with van der Waals surface area (Å²) in [5.74, 6) is 7.04. The number of hydrogen-bond acceptors (Lipinski definition) is 7. The molecule has 2 rings (SSSR count). The second-order valence-corrected chi connectivity index (χ2v) is 5.03. The van der Waals surface area contributed by atoms with Crippen LogP contribution in [0.1, 0.15) is 19.8 Å². The third kappa shape index (κ3) is 3.24. The smallest absolute Gasteiger partial charge is 0.205 e. The first kappa shape index (κ1) is 13.8. The lowest BCUT2D eigenvalue weighted by Crippen LogP contribution is -2.33. The predicted octanol–water partition coefficient (Wildman–Crippen LogP) is 0.999. The summed E-state index contributed by atoms with van der Waals surface area (Å²) in [5, 5.41) is 3.32. The standard InChI is InChI=1S/C12H21N5O2/c1-12(3-5-19-6-4-12)7-14-10-9(18-2)11(17-13)16-8-15-10/h8H,3-7,13H2,1-2H3,(H2,14,15,16,17). The highest BCUT2D eigenvalue weighted by Gasteiger charge is 2.27. The van der Waals surface area contributed by atoms with Crippen molar-refractivity contribution in [3.8, 4) is 5.75 Å². The lowest BCUT2D eigenvalue weighted by atomic mass is 9.82. The Bertz CT molecular complexity index is 421. The zero-order valence-corrected chi connectivity index (χ0v) is 11.4. The van der Waals surface area contributed by atoms with Crippen molar-refractivity contribution in [2.45, 2.75) is 19.8 Å². The number of hydrogen-bond donors (Lipinski definition) is 3. The van der Waals surface area contributed by atoms with Crippen molar-refractivity contribution in [3.05, 3.63) is 6.33 Å². The van der Waals surface area contributed by atoms with Gasteiger partial charge in [0.2, 0.25) is 5.75 Å². The zero-order chi connectivity index (χ0) is 13.7. The molecule has 19 heavy (non-hydrogen) atoms. The van der Waals surface area contributed by atoms with Crippen molar-refractivity contribution < 1.29 is 9.47 Å². The number of methoxy groups -OCH3 is 1. The van der Waals surface area contributed by atoms with Crippen LogP contribution in [0.25, 0.3) is 0 Å². The number of rotatable bonds is 5. The van der Waals surface area contributed by atoms with Gasteiger partial charge in [-0.1, -0.05) is 6.92 Å². The number of nitrogen functional groups attached to an aromatic ring is 1. The fourth-order valence-electron chi connectivity index (χ4n) is 2.13. The van der Waals surface area contributed by atoms with Gasteiger partial charge in [0, 0.05) is 19.8 Å². The van der Waals surface area contributed by atoms with Gasteiger partial charge in [-0.2, -0.15) is 0 Å². The monoisotopic (exact) mass is 267 g/mol. The summed E-state index contributed by atoms with van der Waals surface area (Å²) in [5.41, 5.74) is 2.71. The minimum absolute atomic E-state index is 0.213. The van der Waals surface area contributed by atoms with Gasteiger partial charge in [-0.3, -0.25) is 0 Å². The van der Waals surface area contributed by atoms with Crippen molar-refractivity contribution in [1.29, 1.82) is 0 Å². The van der Waals surface area contributed by atoms with Crippen LogP contribution in [0.2, 0.25) is 0 Å². The molecule has 7 nitrogen and oxygen atoms in total. The van der Waals surface area contributed by atoms with Crippen LogP contribution in [0.15, 0.2) is 6.33 Å². The van der Waals surface area contributed by atoms with Crippen molar-refractivity contribution in [1.82, 2.24) is 9.97 Å². The largest absolute Gasteiger partial charge is 0.490 e. The Morgan fingerprint density at radius 2 is 2.05 bits per heavy atom. The predicted molar refractivity (Wildman–Crippen MR) is 73.0 cm³/mol. The summed E-state index contributed by atoms with van der Waals surface area (Å²) in [4.78, 5) is 8.21. The molecule has 106 valence electrons. The number of hydrazine groups is 1. The molecule has 0 amide bonds. The summed E-state index contributed by atoms with van der Waals surface area (Å²) in [6, 6.07) is 0. The van der Waals surface area contributed by atoms with Gasteiger partial charge in [-0.25, -0.2) is 15.8 Å². The van der Waals surface area contributed by atoms with Crippen LogP contribution in [0, 0.1) is 5.41 Å². The molecule has 7 heteroatoms. The normalized spacial score (nSPS) is 17.8. The molecule has 1 aliphatic rings. The molecule has 1 fully saturated rings. The molecular weight excluding hydrogens is 246 g/mol. The molecule has 0 atom stereocenters. The van der Waals surface area contributed by atoms with Crippen molar-refractivity contribution in [2.75, 3.05) is 37.6 Å². The van der Waals surface area contributed by atoms with E-state index in [0.717, 1.165) is 32.6 Å². The maximum absolute atomic E-state index is 5.40. The van der Waals surface area contributed by atoms with E-state index in [2.05, 4.69) is 27.6 Å². The minimum atomic E-state index is 0.213. The number of ether oxygens (including phenoxy) is 2. The van der Waals surface area contributed by atoms with Gasteiger partial charge in [-0.05, 0) is 18.3 Å². The van der Waals surface area contributed by atoms with E-state index in [1.807, 2.05) is 0 Å². The fourth-order valence-corrected chi connectivity index (χ4v) is 2.13. The van der Waals surface area contributed by atoms with Crippen LogP contribution in [-0.2, 0) is 4.74 Å². The fraction of sp³-hybridized carbons (Fsp3) is 0.667. The third-order valence-corrected chi connectivity index (χ3v) is 3.53. The topological polar surface area (TPSA) is 94.3 Å². The number of anilines is 2. The van der Waals surface area contributed by atoms with Gasteiger partial charge in [0.25, 0.3) is 0 Å².